The minimum Gasteiger partial charge on any atom is -0.473 e. The molecule has 7 nitrogen and oxygen atoms in total. The van der Waals surface area contributed by atoms with E-state index in [1.54, 1.807) is 0 Å². The van der Waals surface area contributed by atoms with Gasteiger partial charge in [-0.05, 0) is 48.4 Å². The first-order valence-electron chi connectivity index (χ1n) is 7.75. The van der Waals surface area contributed by atoms with Crippen LogP contribution >= 0.6 is 15.9 Å². The van der Waals surface area contributed by atoms with Crippen LogP contribution < -0.4 is 14.8 Å². The molecule has 2 aromatic carbocycles. The van der Waals surface area contributed by atoms with Crippen LogP contribution in [0.15, 0.2) is 46.9 Å². The van der Waals surface area contributed by atoms with E-state index in [4.69, 9.17) is 29.3 Å². The van der Waals surface area contributed by atoms with E-state index in [1.807, 2.05) is 6.07 Å². The van der Waals surface area contributed by atoms with Crippen LogP contribution in [0.5, 0.6) is 11.5 Å². The van der Waals surface area contributed by atoms with Crippen molar-refractivity contribution in [2.45, 2.75) is 13.0 Å². The number of ether oxygens (including phenoxy) is 2. The largest absolute Gasteiger partial charge is 0.473 e. The van der Waals surface area contributed by atoms with Crippen molar-refractivity contribution in [2.24, 2.45) is 0 Å². The van der Waals surface area contributed by atoms with Crippen LogP contribution in [0.4, 0.5) is 0 Å². The first-order chi connectivity index (χ1) is 12.5. The molecule has 8 heteroatoms. The predicted molar refractivity (Wildman–Crippen MR) is 97.4 cm³/mol. The highest BCUT2D eigenvalue weighted by atomic mass is 79.9. The number of nitrogens with one attached hydrogen (secondary N) is 1. The second-order valence-electron chi connectivity index (χ2n) is 5.35. The summed E-state index contributed by atoms with van der Waals surface area (Å²) >= 11 is 3.44. The van der Waals surface area contributed by atoms with Gasteiger partial charge >= 0.3 is 11.9 Å². The number of hydrogen-bond donors (Lipinski definition) is 3. The molecule has 0 aromatic heterocycles. The van der Waals surface area contributed by atoms with Gasteiger partial charge in [-0.25, -0.2) is 9.59 Å². The Morgan fingerprint density at radius 2 is 1.58 bits per heavy atom. The lowest BCUT2D eigenvalue weighted by atomic mass is 10.1. The Hall–Kier alpha value is -2.58. The molecule has 0 bridgehead atoms. The summed E-state index contributed by atoms with van der Waals surface area (Å²) in [6.07, 6.45) is 0.979. The summed E-state index contributed by atoms with van der Waals surface area (Å²) in [5, 5.41) is 18.2. The number of carboxylic acid groups (broad SMARTS) is 2. The number of halogens is 1. The predicted octanol–water partition coefficient (Wildman–Crippen LogP) is 2.67. The second-order valence-corrected chi connectivity index (χ2v) is 6.27. The molecule has 26 heavy (non-hydrogen) atoms. The third-order valence-corrected chi connectivity index (χ3v) is 3.98. The van der Waals surface area contributed by atoms with E-state index in [9.17, 15) is 0 Å². The summed E-state index contributed by atoms with van der Waals surface area (Å²) in [6.45, 7) is 2.16. The maximum Gasteiger partial charge on any atom is 0.414 e. The molecule has 0 spiro atoms. The van der Waals surface area contributed by atoms with Gasteiger partial charge in [0.15, 0.2) is 11.5 Å². The molecule has 0 fully saturated rings. The summed E-state index contributed by atoms with van der Waals surface area (Å²) in [5.74, 6) is -1.95. The zero-order valence-electron chi connectivity index (χ0n) is 13.8. The van der Waals surface area contributed by atoms with Gasteiger partial charge in [-0.3, -0.25) is 0 Å². The van der Waals surface area contributed by atoms with Gasteiger partial charge in [0.2, 0.25) is 6.79 Å². The number of aliphatic carboxylic acids is 2. The Balaban J connectivity index is 0.000000352. The normalized spacial score (nSPS) is 11.4. The minimum absolute atomic E-state index is 0.334. The third kappa shape index (κ3) is 6.38. The molecule has 1 aliphatic rings. The molecule has 0 atom stereocenters. The summed E-state index contributed by atoms with van der Waals surface area (Å²) in [6, 6.07) is 14.5. The fourth-order valence-electron chi connectivity index (χ4n) is 2.16. The second kappa shape index (κ2) is 9.79. The van der Waals surface area contributed by atoms with E-state index in [1.165, 1.54) is 11.1 Å². The molecule has 0 amide bonds. The van der Waals surface area contributed by atoms with Crippen LogP contribution in [-0.4, -0.2) is 35.5 Å². The maximum absolute atomic E-state index is 9.10. The smallest absolute Gasteiger partial charge is 0.414 e. The highest BCUT2D eigenvalue weighted by Gasteiger charge is 2.12. The fraction of sp³-hybridized carbons (Fsp3) is 0.222. The Bertz CT molecular complexity index is 751. The quantitative estimate of drug-likeness (QED) is 0.501. The van der Waals surface area contributed by atoms with Crippen molar-refractivity contribution in [1.82, 2.24) is 5.32 Å². The van der Waals surface area contributed by atoms with Gasteiger partial charge in [0.25, 0.3) is 0 Å². The zero-order chi connectivity index (χ0) is 18.9. The molecule has 3 N–H and O–H groups in total. The van der Waals surface area contributed by atoms with Gasteiger partial charge in [0.05, 0.1) is 0 Å². The Morgan fingerprint density at radius 1 is 0.962 bits per heavy atom. The van der Waals surface area contributed by atoms with Gasteiger partial charge in [0.1, 0.15) is 0 Å². The lowest BCUT2D eigenvalue weighted by Gasteiger charge is -2.06. The zero-order valence-corrected chi connectivity index (χ0v) is 15.4. The van der Waals surface area contributed by atoms with E-state index < -0.39 is 11.9 Å². The topological polar surface area (TPSA) is 105 Å². The Kier molecular flexibility index (Phi) is 7.43. The number of rotatable bonds is 5. The summed E-state index contributed by atoms with van der Waals surface area (Å²) in [5.41, 5.74) is 2.55. The molecule has 0 radical (unpaired) electrons. The fourth-order valence-corrected chi connectivity index (χ4v) is 2.43. The van der Waals surface area contributed by atoms with Gasteiger partial charge in [-0.2, -0.15) is 0 Å². The molecule has 2 aromatic rings. The summed E-state index contributed by atoms with van der Waals surface area (Å²) < 4.78 is 11.8. The minimum atomic E-state index is -1.82. The lowest BCUT2D eigenvalue weighted by molar-refractivity contribution is -0.159. The SMILES string of the molecule is Brc1ccc(CNCCc2ccc3c(c2)OCO3)cc1.O=C(O)C(=O)O. The first-order valence-corrected chi connectivity index (χ1v) is 8.55. The van der Waals surface area contributed by atoms with Crippen molar-refractivity contribution in [1.29, 1.82) is 0 Å². The Labute approximate surface area is 158 Å². The van der Waals surface area contributed by atoms with Crippen LogP contribution in [0, 0.1) is 0 Å². The van der Waals surface area contributed by atoms with Crippen molar-refractivity contribution >= 4 is 27.9 Å². The number of benzene rings is 2. The average Bonchev–Trinajstić information content (AvgIpc) is 3.08. The van der Waals surface area contributed by atoms with Crippen LogP contribution in [-0.2, 0) is 22.6 Å². The molecular formula is C18H18BrNO6. The molecule has 0 saturated heterocycles. The molecule has 0 unspecified atom stereocenters. The molecule has 138 valence electrons. The molecule has 0 saturated carbocycles. The van der Waals surface area contributed by atoms with Crippen molar-refractivity contribution in [2.75, 3.05) is 13.3 Å². The van der Waals surface area contributed by atoms with Crippen LogP contribution in [0.25, 0.3) is 0 Å². The van der Waals surface area contributed by atoms with E-state index in [2.05, 4.69) is 57.6 Å². The van der Waals surface area contributed by atoms with E-state index in [-0.39, 0.29) is 0 Å². The highest BCUT2D eigenvalue weighted by molar-refractivity contribution is 9.10. The van der Waals surface area contributed by atoms with Crippen molar-refractivity contribution in [3.8, 4) is 11.5 Å². The lowest BCUT2D eigenvalue weighted by Crippen LogP contribution is -2.16. The average molecular weight is 424 g/mol. The van der Waals surface area contributed by atoms with E-state index >= 15 is 0 Å². The van der Waals surface area contributed by atoms with E-state index in [0.29, 0.717) is 6.79 Å². The molecule has 3 rings (SSSR count). The molecule has 1 aliphatic heterocycles. The Morgan fingerprint density at radius 3 is 2.23 bits per heavy atom. The standard InChI is InChI=1S/C16H16BrNO2.C2H2O4/c17-14-4-1-13(2-5-14)10-18-8-7-12-3-6-15-16(9-12)20-11-19-15;3-1(4)2(5)6/h1-6,9,18H,7-8,10-11H2;(H,3,4)(H,5,6). The van der Waals surface area contributed by atoms with Gasteiger partial charge in [-0.15, -0.1) is 0 Å². The van der Waals surface area contributed by atoms with Crippen LogP contribution in [0.2, 0.25) is 0 Å². The van der Waals surface area contributed by atoms with E-state index in [0.717, 1.165) is 35.5 Å². The number of carboxylic acids is 2. The number of carbonyl (C=O) groups is 2. The monoisotopic (exact) mass is 423 g/mol. The molecule has 1 heterocycles. The number of fused-ring (bicyclic) bond motifs is 1. The maximum atomic E-state index is 9.10. The summed E-state index contributed by atoms with van der Waals surface area (Å²) in [7, 11) is 0. The van der Waals surface area contributed by atoms with Crippen molar-refractivity contribution in [3.63, 3.8) is 0 Å². The highest BCUT2D eigenvalue weighted by Crippen LogP contribution is 2.32. The van der Waals surface area contributed by atoms with Crippen molar-refractivity contribution < 1.29 is 29.3 Å². The van der Waals surface area contributed by atoms with Gasteiger partial charge in [-0.1, -0.05) is 34.1 Å². The molecular weight excluding hydrogens is 406 g/mol. The van der Waals surface area contributed by atoms with Crippen LogP contribution in [0.1, 0.15) is 11.1 Å². The number of hydrogen-bond acceptors (Lipinski definition) is 5. The van der Waals surface area contributed by atoms with Gasteiger partial charge < -0.3 is 25.0 Å². The van der Waals surface area contributed by atoms with Crippen molar-refractivity contribution in [3.05, 3.63) is 58.1 Å². The van der Waals surface area contributed by atoms with Gasteiger partial charge in [0, 0.05) is 11.0 Å². The summed E-state index contributed by atoms with van der Waals surface area (Å²) in [4.78, 5) is 18.2. The first kappa shape index (κ1) is 19.7. The molecule has 0 aliphatic carbocycles. The van der Waals surface area contributed by atoms with Crippen LogP contribution in [0.3, 0.4) is 0 Å². The third-order valence-electron chi connectivity index (χ3n) is 3.45.